The smallest absolute Gasteiger partial charge is 0.310 e. The van der Waals surface area contributed by atoms with Crippen molar-refractivity contribution in [3.63, 3.8) is 0 Å². The predicted octanol–water partition coefficient (Wildman–Crippen LogP) is 3.52. The average molecular weight is 423 g/mol. The highest BCUT2D eigenvalue weighted by molar-refractivity contribution is 5.99. The van der Waals surface area contributed by atoms with E-state index in [-0.39, 0.29) is 11.9 Å². The van der Waals surface area contributed by atoms with Gasteiger partial charge >= 0.3 is 5.97 Å². The van der Waals surface area contributed by atoms with Crippen LogP contribution in [0, 0.1) is 5.92 Å². The summed E-state index contributed by atoms with van der Waals surface area (Å²) in [5.74, 6) is 1.23. The Bertz CT molecular complexity index is 1090. The van der Waals surface area contributed by atoms with Gasteiger partial charge in [0.25, 0.3) is 0 Å². The molecule has 0 amide bonds. The largest absolute Gasteiger partial charge is 0.466 e. The van der Waals surface area contributed by atoms with Crippen LogP contribution in [0.25, 0.3) is 22.3 Å². The molecule has 2 aromatic heterocycles. The molecule has 1 saturated heterocycles. The Morgan fingerprint density at radius 3 is 2.68 bits per heavy atom. The maximum Gasteiger partial charge on any atom is 0.310 e. The van der Waals surface area contributed by atoms with Crippen molar-refractivity contribution in [2.75, 3.05) is 30.3 Å². The molecule has 164 valence electrons. The van der Waals surface area contributed by atoms with Gasteiger partial charge in [0.15, 0.2) is 5.65 Å². The molecule has 8 nitrogen and oxygen atoms in total. The predicted molar refractivity (Wildman–Crippen MR) is 122 cm³/mol. The molecule has 1 unspecified atom stereocenters. The third-order valence-electron chi connectivity index (χ3n) is 5.90. The molecule has 2 N–H and O–H groups in total. The van der Waals surface area contributed by atoms with Crippen LogP contribution < -0.4 is 10.6 Å². The second-order valence-electron chi connectivity index (χ2n) is 8.39. The number of aryl methyl sites for hydroxylation is 1. The summed E-state index contributed by atoms with van der Waals surface area (Å²) in [5.41, 5.74) is 9.88. The molecule has 0 radical (unpaired) electrons. The van der Waals surface area contributed by atoms with E-state index in [1.165, 1.54) is 5.56 Å². The molecule has 4 rings (SSSR count). The van der Waals surface area contributed by atoms with E-state index in [0.717, 1.165) is 36.0 Å². The van der Waals surface area contributed by atoms with E-state index in [4.69, 9.17) is 20.4 Å². The van der Waals surface area contributed by atoms with E-state index in [1.807, 2.05) is 6.92 Å². The number of fused-ring (bicyclic) bond motifs is 1. The van der Waals surface area contributed by atoms with Crippen LogP contribution in [0.4, 0.5) is 11.8 Å². The van der Waals surface area contributed by atoms with Gasteiger partial charge in [0, 0.05) is 25.7 Å². The molecule has 0 spiro atoms. The Hall–Kier alpha value is -3.16. The zero-order valence-corrected chi connectivity index (χ0v) is 18.6. The number of esters is 1. The van der Waals surface area contributed by atoms with Crippen LogP contribution in [0.1, 0.15) is 45.1 Å². The van der Waals surface area contributed by atoms with Crippen molar-refractivity contribution in [1.29, 1.82) is 0 Å². The van der Waals surface area contributed by atoms with E-state index in [1.54, 1.807) is 11.7 Å². The minimum absolute atomic E-state index is 0.153. The third kappa shape index (κ3) is 4.06. The number of nitrogens with zero attached hydrogens (tertiary/aromatic N) is 5. The van der Waals surface area contributed by atoms with Crippen molar-refractivity contribution in [2.45, 2.75) is 39.5 Å². The minimum Gasteiger partial charge on any atom is -0.466 e. The van der Waals surface area contributed by atoms with Gasteiger partial charge in [-0.05, 0) is 31.2 Å². The van der Waals surface area contributed by atoms with Crippen LogP contribution in [0.3, 0.4) is 0 Å². The molecule has 1 fully saturated rings. The third-order valence-corrected chi connectivity index (χ3v) is 5.90. The van der Waals surface area contributed by atoms with Crippen LogP contribution in [-0.4, -0.2) is 45.4 Å². The average Bonchev–Trinajstić information content (AvgIpc) is 3.07. The summed E-state index contributed by atoms with van der Waals surface area (Å²) >= 11 is 0. The molecule has 8 heteroatoms. The van der Waals surface area contributed by atoms with Gasteiger partial charge in [-0.1, -0.05) is 38.1 Å². The molecule has 3 aromatic rings. The first-order valence-corrected chi connectivity index (χ1v) is 10.9. The van der Waals surface area contributed by atoms with Crippen molar-refractivity contribution >= 4 is 28.8 Å². The molecule has 31 heavy (non-hydrogen) atoms. The maximum absolute atomic E-state index is 12.3. The Balaban J connectivity index is 1.76. The molecule has 0 aliphatic carbocycles. The lowest BCUT2D eigenvalue weighted by Gasteiger charge is -2.31. The number of nitrogen functional groups attached to an aromatic ring is 1. The highest BCUT2D eigenvalue weighted by Gasteiger charge is 2.29. The van der Waals surface area contributed by atoms with E-state index in [0.29, 0.717) is 36.5 Å². The van der Waals surface area contributed by atoms with Gasteiger partial charge in [0.05, 0.1) is 23.6 Å². The zero-order chi connectivity index (χ0) is 22.1. The Kier molecular flexibility index (Phi) is 5.80. The number of nitrogens with two attached hydrogens (primary N) is 1. The van der Waals surface area contributed by atoms with E-state index >= 15 is 0 Å². The fraction of sp³-hybridized carbons (Fsp3) is 0.478. The quantitative estimate of drug-likeness (QED) is 0.628. The lowest BCUT2D eigenvalue weighted by atomic mass is 9.98. The number of carbonyl (C=O) groups is 1. The highest BCUT2D eigenvalue weighted by atomic mass is 16.5. The summed E-state index contributed by atoms with van der Waals surface area (Å²) in [7, 11) is 1.81. The number of piperidine rings is 1. The fourth-order valence-electron chi connectivity index (χ4n) is 4.09. The van der Waals surface area contributed by atoms with Crippen LogP contribution >= 0.6 is 0 Å². The van der Waals surface area contributed by atoms with Gasteiger partial charge in [-0.2, -0.15) is 10.1 Å². The summed E-state index contributed by atoms with van der Waals surface area (Å²) < 4.78 is 6.87. The van der Waals surface area contributed by atoms with Gasteiger partial charge in [0.1, 0.15) is 5.82 Å². The van der Waals surface area contributed by atoms with Crippen molar-refractivity contribution in [1.82, 2.24) is 19.7 Å². The van der Waals surface area contributed by atoms with Gasteiger partial charge in [-0.3, -0.25) is 9.48 Å². The van der Waals surface area contributed by atoms with Crippen LogP contribution in [0.15, 0.2) is 24.3 Å². The van der Waals surface area contributed by atoms with Gasteiger partial charge in [-0.25, -0.2) is 4.98 Å². The van der Waals surface area contributed by atoms with Gasteiger partial charge < -0.3 is 15.4 Å². The summed E-state index contributed by atoms with van der Waals surface area (Å²) in [6, 6.07) is 8.39. The number of rotatable bonds is 5. The van der Waals surface area contributed by atoms with Gasteiger partial charge in [-0.15, -0.1) is 0 Å². The topological polar surface area (TPSA) is 99.2 Å². The number of aromatic nitrogens is 4. The van der Waals surface area contributed by atoms with Crippen molar-refractivity contribution < 1.29 is 9.53 Å². The van der Waals surface area contributed by atoms with Crippen molar-refractivity contribution in [3.05, 3.63) is 29.8 Å². The molecule has 1 aromatic carbocycles. The van der Waals surface area contributed by atoms with Crippen LogP contribution in [0.2, 0.25) is 0 Å². The molecule has 3 heterocycles. The summed E-state index contributed by atoms with van der Waals surface area (Å²) in [6.45, 7) is 7.89. The molecular formula is C23H30N6O2. The zero-order valence-electron chi connectivity index (χ0n) is 18.6. The fourth-order valence-corrected chi connectivity index (χ4v) is 4.09. The van der Waals surface area contributed by atoms with Crippen molar-refractivity contribution in [3.8, 4) is 11.3 Å². The lowest BCUT2D eigenvalue weighted by molar-refractivity contribution is -0.148. The number of anilines is 2. The highest BCUT2D eigenvalue weighted by Crippen LogP contribution is 2.33. The van der Waals surface area contributed by atoms with Gasteiger partial charge in [0.2, 0.25) is 5.95 Å². The number of benzene rings is 1. The molecular weight excluding hydrogens is 392 g/mol. The summed E-state index contributed by atoms with van der Waals surface area (Å²) in [5, 5.41) is 5.26. The second kappa shape index (κ2) is 8.53. The second-order valence-corrected chi connectivity index (χ2v) is 8.39. The summed E-state index contributed by atoms with van der Waals surface area (Å²) in [4.78, 5) is 24.0. The Labute approximate surface area is 182 Å². The standard InChI is InChI=1S/C23H30N6O2/c1-5-31-22(30)17-7-6-12-29(13-17)23-25-19(16-10-8-15(9-11-16)14(2)3)18-20(24)28(4)27-21(18)26-23/h8-11,14,17H,5-7,12-13,24H2,1-4H3. The molecule has 1 aliphatic heterocycles. The number of ether oxygens (including phenoxy) is 1. The van der Waals surface area contributed by atoms with Crippen LogP contribution in [-0.2, 0) is 16.6 Å². The number of carbonyl (C=O) groups excluding carboxylic acids is 1. The lowest BCUT2D eigenvalue weighted by Crippen LogP contribution is -2.40. The molecule has 1 aliphatic rings. The molecule has 1 atom stereocenters. The molecule has 0 saturated carbocycles. The first kappa shape index (κ1) is 21.1. The van der Waals surface area contributed by atoms with E-state index in [9.17, 15) is 4.79 Å². The Morgan fingerprint density at radius 1 is 1.26 bits per heavy atom. The van der Waals surface area contributed by atoms with Crippen LogP contribution in [0.5, 0.6) is 0 Å². The number of hydrogen-bond acceptors (Lipinski definition) is 7. The monoisotopic (exact) mass is 422 g/mol. The first-order valence-electron chi connectivity index (χ1n) is 10.9. The van der Waals surface area contributed by atoms with E-state index in [2.05, 4.69) is 48.1 Å². The maximum atomic E-state index is 12.3. The minimum atomic E-state index is -0.171. The summed E-state index contributed by atoms with van der Waals surface area (Å²) in [6.07, 6.45) is 1.70. The van der Waals surface area contributed by atoms with Crippen molar-refractivity contribution in [2.24, 2.45) is 13.0 Å². The Morgan fingerprint density at radius 2 is 2.00 bits per heavy atom. The number of hydrogen-bond donors (Lipinski definition) is 1. The van der Waals surface area contributed by atoms with E-state index < -0.39 is 0 Å². The SMILES string of the molecule is CCOC(=O)C1CCCN(c2nc(-c3ccc(C(C)C)cc3)c3c(N)n(C)nc3n2)C1. The normalized spacial score (nSPS) is 16.8. The molecule has 0 bridgehead atoms. The first-order chi connectivity index (χ1) is 14.9.